The lowest BCUT2D eigenvalue weighted by molar-refractivity contribution is 0.580. The van der Waals surface area contributed by atoms with Crippen LogP contribution in [0.1, 0.15) is 5.56 Å². The van der Waals surface area contributed by atoms with Crippen molar-refractivity contribution in [3.8, 4) is 0 Å². The number of allylic oxidation sites excluding steroid dienone is 1. The van der Waals surface area contributed by atoms with Gasteiger partial charge in [0.1, 0.15) is 11.6 Å². The molecule has 14 heavy (non-hydrogen) atoms. The molecule has 1 aromatic carbocycles. The zero-order chi connectivity index (χ0) is 10.6. The number of benzene rings is 1. The topological polar surface area (TPSA) is 26.0 Å². The predicted molar refractivity (Wildman–Crippen MR) is 53.1 cm³/mol. The van der Waals surface area contributed by atoms with Crippen molar-refractivity contribution in [1.29, 1.82) is 0 Å². The molecule has 0 fully saturated rings. The van der Waals surface area contributed by atoms with Crippen LogP contribution < -0.4 is 5.73 Å². The van der Waals surface area contributed by atoms with E-state index in [0.29, 0.717) is 23.6 Å². The van der Waals surface area contributed by atoms with Crippen molar-refractivity contribution in [3.63, 3.8) is 0 Å². The quantitative estimate of drug-likeness (QED) is 0.828. The van der Waals surface area contributed by atoms with Crippen LogP contribution in [0.5, 0.6) is 0 Å². The largest absolute Gasteiger partial charge is 0.327 e. The summed E-state index contributed by atoms with van der Waals surface area (Å²) >= 11 is 5.76. The highest BCUT2D eigenvalue weighted by Crippen LogP contribution is 2.14. The van der Waals surface area contributed by atoms with Gasteiger partial charge in [-0.05, 0) is 17.7 Å². The molecule has 0 spiro atoms. The number of rotatable bonds is 3. The third kappa shape index (κ3) is 3.44. The van der Waals surface area contributed by atoms with Gasteiger partial charge in [-0.2, -0.15) is 0 Å². The SMILES string of the molecule is NC/C=C(/Cl)Cc1cc(F)cc(F)c1. The third-order valence-electron chi connectivity index (χ3n) is 1.63. The van der Waals surface area contributed by atoms with Gasteiger partial charge in [-0.25, -0.2) is 8.78 Å². The first-order valence-electron chi connectivity index (χ1n) is 4.11. The van der Waals surface area contributed by atoms with Crippen LogP contribution in [0.15, 0.2) is 29.3 Å². The number of hydrogen-bond acceptors (Lipinski definition) is 1. The molecule has 1 nitrogen and oxygen atoms in total. The van der Waals surface area contributed by atoms with Gasteiger partial charge in [0.2, 0.25) is 0 Å². The molecular formula is C10H10ClF2N. The van der Waals surface area contributed by atoms with E-state index in [1.54, 1.807) is 6.08 Å². The molecule has 0 amide bonds. The Morgan fingerprint density at radius 2 is 1.86 bits per heavy atom. The second-order valence-electron chi connectivity index (χ2n) is 2.84. The summed E-state index contributed by atoms with van der Waals surface area (Å²) < 4.78 is 25.5. The maximum Gasteiger partial charge on any atom is 0.126 e. The highest BCUT2D eigenvalue weighted by atomic mass is 35.5. The summed E-state index contributed by atoms with van der Waals surface area (Å²) in [5.41, 5.74) is 5.73. The summed E-state index contributed by atoms with van der Waals surface area (Å²) in [5, 5.41) is 0.484. The molecule has 0 saturated heterocycles. The Bertz CT molecular complexity index is 330. The average Bonchev–Trinajstić information content (AvgIpc) is 2.01. The number of hydrogen-bond donors (Lipinski definition) is 1. The Morgan fingerprint density at radius 1 is 1.29 bits per heavy atom. The van der Waals surface area contributed by atoms with Gasteiger partial charge in [0.25, 0.3) is 0 Å². The summed E-state index contributed by atoms with van der Waals surface area (Å²) in [6.07, 6.45) is 1.90. The minimum absolute atomic E-state index is 0.299. The van der Waals surface area contributed by atoms with Gasteiger partial charge >= 0.3 is 0 Å². The molecule has 76 valence electrons. The maximum absolute atomic E-state index is 12.7. The molecule has 0 aliphatic carbocycles. The minimum Gasteiger partial charge on any atom is -0.327 e. The highest BCUT2D eigenvalue weighted by Gasteiger charge is 2.01. The van der Waals surface area contributed by atoms with Crippen molar-refractivity contribution in [2.24, 2.45) is 5.73 Å². The Balaban J connectivity index is 2.81. The van der Waals surface area contributed by atoms with Crippen LogP contribution in [0.3, 0.4) is 0 Å². The summed E-state index contributed by atoms with van der Waals surface area (Å²) in [6, 6.07) is 3.32. The van der Waals surface area contributed by atoms with Crippen molar-refractivity contribution < 1.29 is 8.78 Å². The fourth-order valence-corrected chi connectivity index (χ4v) is 1.35. The minimum atomic E-state index is -0.600. The molecule has 0 unspecified atom stereocenters. The van der Waals surface area contributed by atoms with Crippen molar-refractivity contribution >= 4 is 11.6 Å². The third-order valence-corrected chi connectivity index (χ3v) is 1.92. The normalized spacial score (nSPS) is 11.9. The molecule has 1 rings (SSSR count). The first-order valence-corrected chi connectivity index (χ1v) is 4.49. The Morgan fingerprint density at radius 3 is 2.36 bits per heavy atom. The van der Waals surface area contributed by atoms with Gasteiger partial charge in [0.05, 0.1) is 0 Å². The van der Waals surface area contributed by atoms with Crippen molar-refractivity contribution in [3.05, 3.63) is 46.5 Å². The van der Waals surface area contributed by atoms with Crippen LogP contribution >= 0.6 is 11.6 Å². The molecule has 0 aliphatic heterocycles. The number of halogens is 3. The second kappa shape index (κ2) is 5.08. The smallest absolute Gasteiger partial charge is 0.126 e. The van der Waals surface area contributed by atoms with Crippen LogP contribution in [0.4, 0.5) is 8.78 Å². The maximum atomic E-state index is 12.7. The average molecular weight is 218 g/mol. The van der Waals surface area contributed by atoms with Crippen LogP contribution in [-0.2, 0) is 6.42 Å². The number of nitrogens with two attached hydrogens (primary N) is 1. The van der Waals surface area contributed by atoms with E-state index < -0.39 is 11.6 Å². The molecule has 2 N–H and O–H groups in total. The molecule has 0 saturated carbocycles. The van der Waals surface area contributed by atoms with Crippen LogP contribution in [0.25, 0.3) is 0 Å². The summed E-state index contributed by atoms with van der Waals surface area (Å²) in [4.78, 5) is 0. The van der Waals surface area contributed by atoms with Crippen LogP contribution in [0, 0.1) is 11.6 Å². The first-order chi connectivity index (χ1) is 6.61. The van der Waals surface area contributed by atoms with Crippen molar-refractivity contribution in [2.75, 3.05) is 6.54 Å². The molecule has 1 aromatic rings. The molecule has 0 bridgehead atoms. The lowest BCUT2D eigenvalue weighted by Crippen LogP contribution is -1.96. The zero-order valence-electron chi connectivity index (χ0n) is 7.43. The molecular weight excluding hydrogens is 208 g/mol. The fraction of sp³-hybridized carbons (Fsp3) is 0.200. The van der Waals surface area contributed by atoms with E-state index in [1.165, 1.54) is 12.1 Å². The summed E-state index contributed by atoms with van der Waals surface area (Å²) in [7, 11) is 0. The predicted octanol–water partition coefficient (Wildman–Crippen LogP) is 2.59. The monoisotopic (exact) mass is 217 g/mol. The molecule has 0 aliphatic rings. The van der Waals surface area contributed by atoms with Crippen molar-refractivity contribution in [1.82, 2.24) is 0 Å². The van der Waals surface area contributed by atoms with Gasteiger partial charge in [0, 0.05) is 24.1 Å². The van der Waals surface area contributed by atoms with E-state index >= 15 is 0 Å². The lowest BCUT2D eigenvalue weighted by Gasteiger charge is -2.00. The Hall–Kier alpha value is -0.930. The second-order valence-corrected chi connectivity index (χ2v) is 3.33. The molecule has 0 aromatic heterocycles. The van der Waals surface area contributed by atoms with Gasteiger partial charge < -0.3 is 5.73 Å². The van der Waals surface area contributed by atoms with Gasteiger partial charge in [-0.1, -0.05) is 17.7 Å². The molecule has 0 atom stereocenters. The van der Waals surface area contributed by atoms with Crippen LogP contribution in [0.2, 0.25) is 0 Å². The van der Waals surface area contributed by atoms with E-state index in [9.17, 15) is 8.78 Å². The van der Waals surface area contributed by atoms with E-state index in [1.807, 2.05) is 0 Å². The van der Waals surface area contributed by atoms with Gasteiger partial charge in [-0.3, -0.25) is 0 Å². The van der Waals surface area contributed by atoms with Crippen LogP contribution in [-0.4, -0.2) is 6.54 Å². The van der Waals surface area contributed by atoms with E-state index in [2.05, 4.69) is 0 Å². The van der Waals surface area contributed by atoms with E-state index in [4.69, 9.17) is 17.3 Å². The van der Waals surface area contributed by atoms with Crippen molar-refractivity contribution in [2.45, 2.75) is 6.42 Å². The Kier molecular flexibility index (Phi) is 4.04. The molecule has 0 heterocycles. The molecule has 0 radical (unpaired) electrons. The highest BCUT2D eigenvalue weighted by molar-refractivity contribution is 6.29. The lowest BCUT2D eigenvalue weighted by atomic mass is 10.1. The zero-order valence-corrected chi connectivity index (χ0v) is 8.19. The van der Waals surface area contributed by atoms with Gasteiger partial charge in [-0.15, -0.1) is 0 Å². The molecule has 4 heteroatoms. The first kappa shape index (κ1) is 11.1. The summed E-state index contributed by atoms with van der Waals surface area (Å²) in [6.45, 7) is 0.316. The standard InChI is InChI=1S/C10H10ClF2N/c11-8(1-2-14)3-7-4-9(12)6-10(13)5-7/h1,4-6H,2-3,14H2/b8-1+. The summed E-state index contributed by atoms with van der Waals surface area (Å²) in [5.74, 6) is -1.20. The Labute approximate surface area is 86.2 Å². The van der Waals surface area contributed by atoms with Gasteiger partial charge in [0.15, 0.2) is 0 Å². The van der Waals surface area contributed by atoms with E-state index in [0.717, 1.165) is 6.07 Å². The van der Waals surface area contributed by atoms with E-state index in [-0.39, 0.29) is 0 Å². The fourth-order valence-electron chi connectivity index (χ4n) is 1.11.